The van der Waals surface area contributed by atoms with Crippen molar-refractivity contribution in [1.29, 1.82) is 0 Å². The number of ether oxygens (including phenoxy) is 1. The Balaban J connectivity index is 1.86. The van der Waals surface area contributed by atoms with Crippen LogP contribution in [-0.4, -0.2) is 22.9 Å². The second-order valence-electron chi connectivity index (χ2n) is 4.81. The number of nitrogens with zero attached hydrogens (tertiary/aromatic N) is 3. The number of rotatable bonds is 2. The molecule has 22 heavy (non-hydrogen) atoms. The van der Waals surface area contributed by atoms with Gasteiger partial charge in [0.2, 0.25) is 12.1 Å². The number of halogens is 3. The predicted octanol–water partition coefficient (Wildman–Crippen LogP) is 3.42. The molecule has 0 spiro atoms. The van der Waals surface area contributed by atoms with Gasteiger partial charge in [-0.3, -0.25) is 9.99 Å². The number of benzene rings is 1. The highest BCUT2D eigenvalue weighted by molar-refractivity contribution is 5.94. The lowest BCUT2D eigenvalue weighted by molar-refractivity contribution is -0.137. The van der Waals surface area contributed by atoms with Crippen molar-refractivity contribution in [3.8, 4) is 0 Å². The minimum atomic E-state index is -4.39. The molecule has 0 radical (unpaired) electrons. The van der Waals surface area contributed by atoms with E-state index in [1.165, 1.54) is 11.1 Å². The van der Waals surface area contributed by atoms with Gasteiger partial charge in [0, 0.05) is 30.6 Å². The van der Waals surface area contributed by atoms with E-state index in [2.05, 4.69) is 10.1 Å². The molecule has 0 N–H and O–H groups in total. The summed E-state index contributed by atoms with van der Waals surface area (Å²) in [4.78, 5) is 3.90. The molecule has 1 aromatic heterocycles. The van der Waals surface area contributed by atoms with Crippen LogP contribution in [0.2, 0.25) is 0 Å². The molecule has 2 heterocycles. The van der Waals surface area contributed by atoms with E-state index in [0.717, 1.165) is 17.7 Å². The summed E-state index contributed by atoms with van der Waals surface area (Å²) in [7, 11) is 1.65. The van der Waals surface area contributed by atoms with E-state index in [0.29, 0.717) is 11.5 Å². The van der Waals surface area contributed by atoms with Gasteiger partial charge in [0.05, 0.1) is 5.56 Å². The molecule has 1 aromatic carbocycles. The quantitative estimate of drug-likeness (QED) is 0.853. The molecule has 114 valence electrons. The van der Waals surface area contributed by atoms with Crippen LogP contribution in [0.25, 0.3) is 0 Å². The molecule has 0 aliphatic carbocycles. The fraction of sp³-hybridized carbons (Fsp3) is 0.200. The molecule has 1 atom stereocenters. The first-order valence-electron chi connectivity index (χ1n) is 6.51. The molecule has 0 saturated heterocycles. The van der Waals surface area contributed by atoms with Crippen LogP contribution >= 0.6 is 0 Å². The number of hydrazone groups is 1. The monoisotopic (exact) mass is 307 g/mol. The maximum absolute atomic E-state index is 12.8. The van der Waals surface area contributed by atoms with Crippen LogP contribution in [0.1, 0.15) is 22.9 Å². The molecule has 1 aliphatic rings. The maximum Gasteiger partial charge on any atom is 0.416 e. The number of alkyl halides is 3. The summed E-state index contributed by atoms with van der Waals surface area (Å²) in [6.45, 7) is 0. The van der Waals surface area contributed by atoms with Crippen molar-refractivity contribution in [1.82, 2.24) is 9.99 Å². The zero-order valence-corrected chi connectivity index (χ0v) is 11.6. The van der Waals surface area contributed by atoms with Gasteiger partial charge in [0.1, 0.15) is 0 Å². The normalized spacial score (nSPS) is 18.1. The second kappa shape index (κ2) is 5.32. The predicted molar refractivity (Wildman–Crippen MR) is 73.8 cm³/mol. The lowest BCUT2D eigenvalue weighted by Gasteiger charge is -2.19. The first-order chi connectivity index (χ1) is 10.4. The van der Waals surface area contributed by atoms with Gasteiger partial charge in [-0.2, -0.15) is 13.2 Å². The van der Waals surface area contributed by atoms with E-state index in [1.54, 1.807) is 37.6 Å². The highest BCUT2D eigenvalue weighted by Gasteiger charge is 2.33. The summed E-state index contributed by atoms with van der Waals surface area (Å²) in [5, 5.41) is 5.72. The zero-order valence-electron chi connectivity index (χ0n) is 11.6. The molecular weight excluding hydrogens is 295 g/mol. The van der Waals surface area contributed by atoms with Crippen molar-refractivity contribution in [2.24, 2.45) is 5.10 Å². The van der Waals surface area contributed by atoms with Gasteiger partial charge in [-0.25, -0.2) is 0 Å². The molecule has 4 nitrogen and oxygen atoms in total. The Labute approximate surface area is 124 Å². The molecule has 0 bridgehead atoms. The summed E-state index contributed by atoms with van der Waals surface area (Å²) < 4.78 is 44.1. The average molecular weight is 307 g/mol. The highest BCUT2D eigenvalue weighted by Crippen LogP contribution is 2.34. The number of hydrogen-bond donors (Lipinski definition) is 0. The van der Waals surface area contributed by atoms with Gasteiger partial charge in [-0.05, 0) is 24.3 Å². The van der Waals surface area contributed by atoms with E-state index < -0.39 is 18.0 Å². The van der Waals surface area contributed by atoms with Crippen molar-refractivity contribution >= 4 is 5.90 Å². The van der Waals surface area contributed by atoms with Gasteiger partial charge >= 0.3 is 6.18 Å². The van der Waals surface area contributed by atoms with E-state index in [1.807, 2.05) is 0 Å². The molecule has 1 aliphatic heterocycles. The van der Waals surface area contributed by atoms with Gasteiger partial charge in [0.25, 0.3) is 0 Å². The summed E-state index contributed by atoms with van der Waals surface area (Å²) in [5.41, 5.74) is 0.404. The third kappa shape index (κ3) is 2.74. The van der Waals surface area contributed by atoms with E-state index >= 15 is 0 Å². The Morgan fingerprint density at radius 3 is 2.55 bits per heavy atom. The Bertz CT molecular complexity index is 701. The summed E-state index contributed by atoms with van der Waals surface area (Å²) in [6.07, 6.45) is -1.88. The molecule has 0 saturated carbocycles. The van der Waals surface area contributed by atoms with Crippen LogP contribution in [0.4, 0.5) is 13.2 Å². The first kappa shape index (κ1) is 14.4. The van der Waals surface area contributed by atoms with E-state index in [-0.39, 0.29) is 0 Å². The van der Waals surface area contributed by atoms with Gasteiger partial charge in [-0.15, -0.1) is 5.10 Å². The molecule has 2 aromatic rings. The lowest BCUT2D eigenvalue weighted by Crippen LogP contribution is -2.17. The smallest absolute Gasteiger partial charge is 0.416 e. The first-order valence-corrected chi connectivity index (χ1v) is 6.51. The van der Waals surface area contributed by atoms with E-state index in [4.69, 9.17) is 4.74 Å². The Kier molecular flexibility index (Phi) is 3.48. The largest absolute Gasteiger partial charge is 0.446 e. The third-order valence-corrected chi connectivity index (χ3v) is 3.24. The van der Waals surface area contributed by atoms with Crippen molar-refractivity contribution in [2.75, 3.05) is 7.05 Å². The second-order valence-corrected chi connectivity index (χ2v) is 4.81. The number of pyridine rings is 1. The number of hydrogen-bond acceptors (Lipinski definition) is 4. The minimum Gasteiger partial charge on any atom is -0.446 e. The summed E-state index contributed by atoms with van der Waals surface area (Å²) in [6, 6.07) is 8.50. The van der Waals surface area contributed by atoms with Gasteiger partial charge in [0.15, 0.2) is 0 Å². The van der Waals surface area contributed by atoms with Crippen LogP contribution in [0.5, 0.6) is 0 Å². The Hall–Kier alpha value is -2.57. The fourth-order valence-corrected chi connectivity index (χ4v) is 2.17. The van der Waals surface area contributed by atoms with Crippen LogP contribution in [0, 0.1) is 0 Å². The SMILES string of the molecule is CN1N=C(c2ccncc2)OC1c1cccc(C(F)(F)F)c1. The van der Waals surface area contributed by atoms with Crippen molar-refractivity contribution in [3.63, 3.8) is 0 Å². The topological polar surface area (TPSA) is 37.7 Å². The molecule has 7 heteroatoms. The average Bonchev–Trinajstić information content (AvgIpc) is 2.89. The van der Waals surface area contributed by atoms with Crippen LogP contribution in [0.15, 0.2) is 53.9 Å². The maximum atomic E-state index is 12.8. The minimum absolute atomic E-state index is 0.354. The molecule has 3 rings (SSSR count). The van der Waals surface area contributed by atoms with Gasteiger partial charge < -0.3 is 4.74 Å². The van der Waals surface area contributed by atoms with Crippen LogP contribution < -0.4 is 0 Å². The summed E-state index contributed by atoms with van der Waals surface area (Å²) in [5.74, 6) is 0.354. The number of aromatic nitrogens is 1. The molecular formula is C15H12F3N3O. The third-order valence-electron chi connectivity index (χ3n) is 3.24. The molecule has 0 amide bonds. The van der Waals surface area contributed by atoms with Crippen LogP contribution in [0.3, 0.4) is 0 Å². The summed E-state index contributed by atoms with van der Waals surface area (Å²) >= 11 is 0. The van der Waals surface area contributed by atoms with Gasteiger partial charge in [-0.1, -0.05) is 12.1 Å². The van der Waals surface area contributed by atoms with Crippen LogP contribution in [-0.2, 0) is 10.9 Å². The Morgan fingerprint density at radius 1 is 1.14 bits per heavy atom. The van der Waals surface area contributed by atoms with Crippen molar-refractivity contribution in [3.05, 3.63) is 65.5 Å². The van der Waals surface area contributed by atoms with Crippen molar-refractivity contribution < 1.29 is 17.9 Å². The zero-order chi connectivity index (χ0) is 15.7. The highest BCUT2D eigenvalue weighted by atomic mass is 19.4. The molecule has 0 fully saturated rings. The lowest BCUT2D eigenvalue weighted by atomic mass is 10.1. The van der Waals surface area contributed by atoms with Crippen molar-refractivity contribution in [2.45, 2.75) is 12.4 Å². The molecule has 1 unspecified atom stereocenters. The fourth-order valence-electron chi connectivity index (χ4n) is 2.17. The Morgan fingerprint density at radius 2 is 1.86 bits per heavy atom. The standard InChI is InChI=1S/C15H12F3N3O/c1-21-14(11-3-2-4-12(9-11)15(16,17)18)22-13(20-21)10-5-7-19-8-6-10/h2-9,14H,1H3. The van der Waals surface area contributed by atoms with E-state index in [9.17, 15) is 13.2 Å².